The largest absolute Gasteiger partial charge is 0.457 e. The summed E-state index contributed by atoms with van der Waals surface area (Å²) in [4.78, 5) is 10.7. The molecule has 0 saturated heterocycles. The molecule has 0 N–H and O–H groups in total. The minimum absolute atomic E-state index is 0.555. The molecule has 56 heavy (non-hydrogen) atoms. The van der Waals surface area contributed by atoms with Crippen LogP contribution in [0, 0.1) is 0 Å². The Hall–Kier alpha value is -7.36. The third-order valence-electron chi connectivity index (χ3n) is 11.4. The zero-order valence-corrected chi connectivity index (χ0v) is 30.4. The van der Waals surface area contributed by atoms with E-state index in [0.717, 1.165) is 73.0 Å². The molecule has 0 unspecified atom stereocenters. The first-order valence-corrected chi connectivity index (χ1v) is 19.1. The Morgan fingerprint density at radius 1 is 0.304 bits per heavy atom. The molecule has 0 atom stereocenters. The van der Waals surface area contributed by atoms with E-state index in [-0.39, 0.29) is 0 Å². The zero-order valence-electron chi connectivity index (χ0n) is 30.4. The molecule has 2 heterocycles. The third kappa shape index (κ3) is 4.91. The molecule has 3 heteroatoms. The Morgan fingerprint density at radius 2 is 0.786 bits per heavy atom. The van der Waals surface area contributed by atoms with Crippen molar-refractivity contribution in [2.24, 2.45) is 0 Å². The van der Waals surface area contributed by atoms with Gasteiger partial charge in [-0.25, -0.2) is 9.97 Å². The number of hydrogen-bond donors (Lipinski definition) is 0. The van der Waals surface area contributed by atoms with E-state index in [0.29, 0.717) is 5.82 Å². The lowest BCUT2D eigenvalue weighted by Crippen LogP contribution is -2.32. The van der Waals surface area contributed by atoms with Gasteiger partial charge < -0.3 is 4.74 Å². The summed E-state index contributed by atoms with van der Waals surface area (Å²) in [5.41, 5.74) is 16.0. The van der Waals surface area contributed by atoms with E-state index in [2.05, 4.69) is 200 Å². The van der Waals surface area contributed by atoms with Gasteiger partial charge in [0, 0.05) is 27.8 Å². The predicted molar refractivity (Wildman–Crippen MR) is 227 cm³/mol. The Labute approximate surface area is 326 Å². The molecule has 1 spiro atoms. The lowest BCUT2D eigenvalue weighted by Gasteiger charge is -2.39. The molecule has 0 saturated carbocycles. The van der Waals surface area contributed by atoms with Crippen LogP contribution in [0.25, 0.3) is 67.3 Å². The fourth-order valence-corrected chi connectivity index (χ4v) is 8.99. The van der Waals surface area contributed by atoms with Crippen molar-refractivity contribution in [1.82, 2.24) is 9.97 Å². The van der Waals surface area contributed by atoms with Gasteiger partial charge in [0.25, 0.3) is 0 Å². The van der Waals surface area contributed by atoms with Gasteiger partial charge in [0.15, 0.2) is 5.82 Å². The molecule has 262 valence electrons. The van der Waals surface area contributed by atoms with E-state index in [1.807, 2.05) is 6.07 Å². The second-order valence-electron chi connectivity index (χ2n) is 14.4. The highest BCUT2D eigenvalue weighted by Gasteiger charge is 2.51. The summed E-state index contributed by atoms with van der Waals surface area (Å²) in [5, 5.41) is 0. The Bertz CT molecular complexity index is 2910. The van der Waals surface area contributed by atoms with Crippen molar-refractivity contribution in [3.8, 4) is 78.8 Å². The number of fused-ring (bicyclic) bond motifs is 9. The van der Waals surface area contributed by atoms with E-state index in [4.69, 9.17) is 14.7 Å². The SMILES string of the molecule is c1ccc(-c2cc(-c3ccccc3-c3ccccc3)nc(-c3ccccc3-c3ccc4c(c3)C3(c5ccccc5O4)c4ccccc4-c4ccccc43)n2)cc1. The molecule has 1 aliphatic carbocycles. The smallest absolute Gasteiger partial charge is 0.161 e. The molecular weight excluding hydrogens is 681 g/mol. The van der Waals surface area contributed by atoms with Crippen molar-refractivity contribution in [2.75, 3.05) is 0 Å². The van der Waals surface area contributed by atoms with Gasteiger partial charge in [0.05, 0.1) is 16.8 Å². The van der Waals surface area contributed by atoms with Gasteiger partial charge in [0.2, 0.25) is 0 Å². The number of hydrogen-bond acceptors (Lipinski definition) is 3. The molecule has 3 nitrogen and oxygen atoms in total. The van der Waals surface area contributed by atoms with E-state index in [1.165, 1.54) is 22.3 Å². The van der Waals surface area contributed by atoms with Gasteiger partial charge in [-0.2, -0.15) is 0 Å². The fraction of sp³-hybridized carbons (Fsp3) is 0.0189. The van der Waals surface area contributed by atoms with Crippen molar-refractivity contribution in [1.29, 1.82) is 0 Å². The maximum absolute atomic E-state index is 6.75. The highest BCUT2D eigenvalue weighted by atomic mass is 16.5. The van der Waals surface area contributed by atoms with Gasteiger partial charge in [-0.05, 0) is 68.8 Å². The van der Waals surface area contributed by atoms with Gasteiger partial charge in [-0.1, -0.05) is 182 Å². The minimum atomic E-state index is -0.555. The predicted octanol–water partition coefficient (Wildman–Crippen LogP) is 13.3. The van der Waals surface area contributed by atoms with Crippen LogP contribution in [0.3, 0.4) is 0 Å². The van der Waals surface area contributed by atoms with Crippen LogP contribution in [-0.2, 0) is 5.41 Å². The summed E-state index contributed by atoms with van der Waals surface area (Å²) in [6, 6.07) is 72.9. The number of aromatic nitrogens is 2. The van der Waals surface area contributed by atoms with Crippen LogP contribution in [-0.4, -0.2) is 9.97 Å². The first-order chi connectivity index (χ1) is 27.8. The molecule has 0 bridgehead atoms. The van der Waals surface area contributed by atoms with E-state index < -0.39 is 5.41 Å². The summed E-state index contributed by atoms with van der Waals surface area (Å²) in [7, 11) is 0. The molecule has 1 aliphatic heterocycles. The van der Waals surface area contributed by atoms with E-state index >= 15 is 0 Å². The fourth-order valence-electron chi connectivity index (χ4n) is 8.99. The molecule has 0 fully saturated rings. The van der Waals surface area contributed by atoms with Crippen molar-refractivity contribution >= 4 is 0 Å². The number of ether oxygens (including phenoxy) is 1. The molecule has 2 aliphatic rings. The van der Waals surface area contributed by atoms with Crippen LogP contribution in [0.2, 0.25) is 0 Å². The summed E-state index contributed by atoms with van der Waals surface area (Å²) >= 11 is 0. The van der Waals surface area contributed by atoms with Crippen molar-refractivity contribution in [3.05, 3.63) is 229 Å². The second kappa shape index (κ2) is 12.9. The highest BCUT2D eigenvalue weighted by molar-refractivity contribution is 5.91. The third-order valence-corrected chi connectivity index (χ3v) is 11.4. The molecule has 11 rings (SSSR count). The number of para-hydroxylation sites is 1. The molecular formula is C53H34N2O. The average molecular weight is 715 g/mol. The van der Waals surface area contributed by atoms with Crippen LogP contribution in [0.4, 0.5) is 0 Å². The molecule has 9 aromatic rings. The average Bonchev–Trinajstić information content (AvgIpc) is 3.57. The Balaban J connectivity index is 1.13. The normalized spacial score (nSPS) is 12.9. The highest BCUT2D eigenvalue weighted by Crippen LogP contribution is 2.62. The minimum Gasteiger partial charge on any atom is -0.457 e. The monoisotopic (exact) mass is 714 g/mol. The first kappa shape index (κ1) is 32.1. The molecule has 8 aromatic carbocycles. The van der Waals surface area contributed by atoms with Crippen LogP contribution in [0.5, 0.6) is 11.5 Å². The zero-order chi connectivity index (χ0) is 37.1. The summed E-state index contributed by atoms with van der Waals surface area (Å²) < 4.78 is 6.75. The number of nitrogens with zero attached hydrogens (tertiary/aromatic N) is 2. The van der Waals surface area contributed by atoms with Gasteiger partial charge >= 0.3 is 0 Å². The van der Waals surface area contributed by atoms with Crippen LogP contribution < -0.4 is 4.74 Å². The summed E-state index contributed by atoms with van der Waals surface area (Å²) in [6.07, 6.45) is 0. The summed E-state index contributed by atoms with van der Waals surface area (Å²) in [6.45, 7) is 0. The van der Waals surface area contributed by atoms with Gasteiger partial charge in [-0.3, -0.25) is 0 Å². The van der Waals surface area contributed by atoms with Crippen LogP contribution in [0.1, 0.15) is 22.3 Å². The standard InChI is InChI=1S/C53H34N2O/c1-3-17-35(18-4-1)38-21-7-9-25-42(38)49-34-48(36-19-5-2-6-20-36)54-52(55-49)43-26-10-8-22-39(43)37-31-32-51-47(33-37)53(46-29-15-16-30-50(46)56-51)44-27-13-11-23-40(44)41-24-12-14-28-45(41)53/h1-34H. The van der Waals surface area contributed by atoms with Crippen LogP contribution >= 0.6 is 0 Å². The molecule has 0 amide bonds. The molecule has 1 aromatic heterocycles. The maximum atomic E-state index is 6.75. The Kier molecular flexibility index (Phi) is 7.39. The summed E-state index contributed by atoms with van der Waals surface area (Å²) in [5.74, 6) is 2.41. The van der Waals surface area contributed by atoms with Crippen LogP contribution in [0.15, 0.2) is 206 Å². The van der Waals surface area contributed by atoms with E-state index in [1.54, 1.807) is 0 Å². The lowest BCUT2D eigenvalue weighted by molar-refractivity contribution is 0.436. The van der Waals surface area contributed by atoms with Gasteiger partial charge in [-0.15, -0.1) is 0 Å². The Morgan fingerprint density at radius 3 is 1.46 bits per heavy atom. The topological polar surface area (TPSA) is 35.0 Å². The maximum Gasteiger partial charge on any atom is 0.161 e. The second-order valence-corrected chi connectivity index (χ2v) is 14.4. The quantitative estimate of drug-likeness (QED) is 0.178. The van der Waals surface area contributed by atoms with Gasteiger partial charge in [0.1, 0.15) is 11.5 Å². The van der Waals surface area contributed by atoms with Crippen molar-refractivity contribution in [3.63, 3.8) is 0 Å². The first-order valence-electron chi connectivity index (χ1n) is 19.1. The van der Waals surface area contributed by atoms with Crippen molar-refractivity contribution < 1.29 is 4.74 Å². The lowest BCUT2D eigenvalue weighted by atomic mass is 9.65. The van der Waals surface area contributed by atoms with E-state index in [9.17, 15) is 0 Å². The van der Waals surface area contributed by atoms with Crippen molar-refractivity contribution in [2.45, 2.75) is 5.41 Å². The molecule has 0 radical (unpaired) electrons. The number of benzene rings is 8. The number of rotatable bonds is 5.